The predicted octanol–water partition coefficient (Wildman–Crippen LogP) is 3.80. The van der Waals surface area contributed by atoms with Crippen molar-refractivity contribution in [2.45, 2.75) is 17.9 Å². The Hall–Kier alpha value is -3.23. The lowest BCUT2D eigenvalue weighted by molar-refractivity contribution is -0.127. The maximum atomic E-state index is 13.4. The molecule has 7 nitrogen and oxygen atoms in total. The number of sulfonamides is 1. The van der Waals surface area contributed by atoms with Gasteiger partial charge in [-0.25, -0.2) is 8.42 Å². The number of amides is 1. The molecule has 0 bridgehead atoms. The molecule has 4 rings (SSSR count). The Morgan fingerprint density at radius 3 is 2.61 bits per heavy atom. The van der Waals surface area contributed by atoms with Crippen LogP contribution in [0.25, 0.3) is 0 Å². The van der Waals surface area contributed by atoms with E-state index in [1.807, 2.05) is 13.0 Å². The van der Waals surface area contributed by atoms with Crippen molar-refractivity contribution < 1.29 is 22.7 Å². The fourth-order valence-corrected chi connectivity index (χ4v) is 5.14. The highest BCUT2D eigenvalue weighted by Gasteiger charge is 2.37. The molecule has 0 aromatic heterocycles. The number of hydrogen-bond donors (Lipinski definition) is 1. The average Bonchev–Trinajstić information content (AvgIpc) is 2.82. The molecule has 1 N–H and O–H groups in total. The minimum atomic E-state index is -3.89. The average molecular weight is 487 g/mol. The van der Waals surface area contributed by atoms with Crippen molar-refractivity contribution in [1.82, 2.24) is 5.32 Å². The Morgan fingerprint density at radius 2 is 1.85 bits per heavy atom. The largest absolute Gasteiger partial charge is 0.490 e. The fourth-order valence-electron chi connectivity index (χ4n) is 3.46. The molecular formula is C24H23ClN2O5S. The number of ether oxygens (including phenoxy) is 2. The van der Waals surface area contributed by atoms with E-state index < -0.39 is 22.0 Å². The van der Waals surface area contributed by atoms with Crippen LogP contribution in [-0.4, -0.2) is 40.1 Å². The summed E-state index contributed by atoms with van der Waals surface area (Å²) in [6, 6.07) is 20.4. The van der Waals surface area contributed by atoms with Crippen LogP contribution in [-0.2, 0) is 14.8 Å². The molecular weight excluding hydrogens is 464 g/mol. The summed E-state index contributed by atoms with van der Waals surface area (Å²) in [6.45, 7) is 2.12. The SMILES string of the molecule is Cc1ccc2c(c1)O[C@@H](C(=O)NCCOc1ccccc1Cl)CN2S(=O)(=O)c1ccccc1. The van der Waals surface area contributed by atoms with Gasteiger partial charge >= 0.3 is 0 Å². The normalized spacial score (nSPS) is 15.3. The Kier molecular flexibility index (Phi) is 6.76. The molecule has 0 fully saturated rings. The molecule has 1 heterocycles. The minimum Gasteiger partial charge on any atom is -0.490 e. The summed E-state index contributed by atoms with van der Waals surface area (Å²) in [6.07, 6.45) is -1.02. The zero-order chi connectivity index (χ0) is 23.4. The first-order chi connectivity index (χ1) is 15.9. The molecule has 0 unspecified atom stereocenters. The molecule has 0 aliphatic carbocycles. The van der Waals surface area contributed by atoms with E-state index in [0.29, 0.717) is 22.2 Å². The van der Waals surface area contributed by atoms with Crippen molar-refractivity contribution in [3.05, 3.63) is 83.4 Å². The van der Waals surface area contributed by atoms with E-state index in [1.54, 1.807) is 54.6 Å². The zero-order valence-electron chi connectivity index (χ0n) is 17.9. The van der Waals surface area contributed by atoms with Crippen LogP contribution in [0.5, 0.6) is 11.5 Å². The summed E-state index contributed by atoms with van der Waals surface area (Å²) in [7, 11) is -3.89. The third kappa shape index (κ3) is 5.07. The summed E-state index contributed by atoms with van der Waals surface area (Å²) < 4.78 is 39.4. The molecule has 33 heavy (non-hydrogen) atoms. The third-order valence-corrected chi connectivity index (χ3v) is 7.21. The van der Waals surface area contributed by atoms with Crippen LogP contribution >= 0.6 is 11.6 Å². The van der Waals surface area contributed by atoms with E-state index in [2.05, 4.69) is 5.32 Å². The molecule has 3 aromatic rings. The Balaban J connectivity index is 1.49. The van der Waals surface area contributed by atoms with Gasteiger partial charge in [0.05, 0.1) is 28.7 Å². The van der Waals surface area contributed by atoms with Gasteiger partial charge in [0.25, 0.3) is 15.9 Å². The van der Waals surface area contributed by atoms with Crippen molar-refractivity contribution >= 4 is 33.2 Å². The van der Waals surface area contributed by atoms with Gasteiger partial charge in [0, 0.05) is 0 Å². The number of carbonyl (C=O) groups excluding carboxylic acids is 1. The number of fused-ring (bicyclic) bond motifs is 1. The van der Waals surface area contributed by atoms with Crippen LogP contribution in [0.15, 0.2) is 77.7 Å². The minimum absolute atomic E-state index is 0.144. The van der Waals surface area contributed by atoms with Crippen LogP contribution in [0.1, 0.15) is 5.56 Å². The van der Waals surface area contributed by atoms with Gasteiger partial charge < -0.3 is 14.8 Å². The van der Waals surface area contributed by atoms with Crippen LogP contribution < -0.4 is 19.1 Å². The molecule has 0 spiro atoms. The second-order valence-corrected chi connectivity index (χ2v) is 9.77. The van der Waals surface area contributed by atoms with E-state index in [0.717, 1.165) is 5.56 Å². The number of para-hydroxylation sites is 1. The van der Waals surface area contributed by atoms with Gasteiger partial charge in [0.15, 0.2) is 6.10 Å². The topological polar surface area (TPSA) is 84.9 Å². The van der Waals surface area contributed by atoms with E-state index in [4.69, 9.17) is 21.1 Å². The number of halogens is 1. The number of nitrogens with one attached hydrogen (secondary N) is 1. The highest BCUT2D eigenvalue weighted by molar-refractivity contribution is 7.92. The van der Waals surface area contributed by atoms with E-state index in [9.17, 15) is 13.2 Å². The molecule has 0 saturated heterocycles. The van der Waals surface area contributed by atoms with Gasteiger partial charge in [-0.3, -0.25) is 9.10 Å². The van der Waals surface area contributed by atoms with Gasteiger partial charge in [0.1, 0.15) is 18.1 Å². The standard InChI is InChI=1S/C24H23ClN2O5S/c1-17-11-12-20-22(15-17)32-23(16-27(20)33(29,30)18-7-3-2-4-8-18)24(28)26-13-14-31-21-10-6-5-9-19(21)25/h2-12,15,23H,13-14,16H2,1H3,(H,26,28)/t23-/m1/s1. The highest BCUT2D eigenvalue weighted by atomic mass is 35.5. The van der Waals surface area contributed by atoms with Crippen LogP contribution in [0.4, 0.5) is 5.69 Å². The first-order valence-corrected chi connectivity index (χ1v) is 12.2. The van der Waals surface area contributed by atoms with Crippen molar-refractivity contribution in [3.8, 4) is 11.5 Å². The third-order valence-electron chi connectivity index (χ3n) is 5.10. The monoisotopic (exact) mass is 486 g/mol. The van der Waals surface area contributed by atoms with Gasteiger partial charge in [-0.05, 0) is 48.9 Å². The number of carbonyl (C=O) groups is 1. The Morgan fingerprint density at radius 1 is 1.12 bits per heavy atom. The van der Waals surface area contributed by atoms with Crippen molar-refractivity contribution in [2.24, 2.45) is 0 Å². The van der Waals surface area contributed by atoms with Gasteiger partial charge in [-0.15, -0.1) is 0 Å². The van der Waals surface area contributed by atoms with Crippen molar-refractivity contribution in [1.29, 1.82) is 0 Å². The maximum Gasteiger partial charge on any atom is 0.264 e. The molecule has 172 valence electrons. The van der Waals surface area contributed by atoms with Crippen LogP contribution in [0.2, 0.25) is 5.02 Å². The highest BCUT2D eigenvalue weighted by Crippen LogP contribution is 2.37. The summed E-state index contributed by atoms with van der Waals surface area (Å²) in [5.41, 5.74) is 1.29. The first-order valence-electron chi connectivity index (χ1n) is 10.4. The quantitative estimate of drug-likeness (QED) is 0.513. The molecule has 1 amide bonds. The zero-order valence-corrected chi connectivity index (χ0v) is 19.5. The number of rotatable bonds is 7. The number of benzene rings is 3. The number of anilines is 1. The molecule has 1 aliphatic rings. The van der Waals surface area contributed by atoms with Crippen LogP contribution in [0.3, 0.4) is 0 Å². The molecule has 3 aromatic carbocycles. The summed E-state index contributed by atoms with van der Waals surface area (Å²) in [4.78, 5) is 13.0. The van der Waals surface area contributed by atoms with Gasteiger partial charge in [-0.1, -0.05) is 48.0 Å². The van der Waals surface area contributed by atoms with E-state index in [-0.39, 0.29) is 24.6 Å². The first kappa shape index (κ1) is 22.9. The number of aryl methyl sites for hydroxylation is 1. The number of nitrogens with zero attached hydrogens (tertiary/aromatic N) is 1. The van der Waals surface area contributed by atoms with Crippen LogP contribution in [0, 0.1) is 6.92 Å². The molecule has 0 radical (unpaired) electrons. The lowest BCUT2D eigenvalue weighted by Gasteiger charge is -2.35. The summed E-state index contributed by atoms with van der Waals surface area (Å²) in [5.74, 6) is 0.429. The summed E-state index contributed by atoms with van der Waals surface area (Å²) in [5, 5.41) is 3.23. The van der Waals surface area contributed by atoms with E-state index >= 15 is 0 Å². The second-order valence-electron chi connectivity index (χ2n) is 7.50. The van der Waals surface area contributed by atoms with E-state index in [1.165, 1.54) is 16.4 Å². The fraction of sp³-hybridized carbons (Fsp3) is 0.208. The Labute approximate surface area is 197 Å². The van der Waals surface area contributed by atoms with Crippen molar-refractivity contribution in [3.63, 3.8) is 0 Å². The predicted molar refractivity (Wildman–Crippen MR) is 127 cm³/mol. The number of hydrogen-bond acceptors (Lipinski definition) is 5. The molecule has 9 heteroatoms. The lowest BCUT2D eigenvalue weighted by atomic mass is 10.1. The second kappa shape index (κ2) is 9.72. The van der Waals surface area contributed by atoms with Crippen molar-refractivity contribution in [2.75, 3.05) is 24.0 Å². The van der Waals surface area contributed by atoms with Gasteiger partial charge in [-0.2, -0.15) is 0 Å². The molecule has 1 atom stereocenters. The smallest absolute Gasteiger partial charge is 0.264 e. The van der Waals surface area contributed by atoms with Gasteiger partial charge in [0.2, 0.25) is 0 Å². The summed E-state index contributed by atoms with van der Waals surface area (Å²) >= 11 is 6.06. The molecule has 1 aliphatic heterocycles. The molecule has 0 saturated carbocycles. The lowest BCUT2D eigenvalue weighted by Crippen LogP contribution is -2.51. The Bertz CT molecular complexity index is 1250. The maximum absolute atomic E-state index is 13.4.